The highest BCUT2D eigenvalue weighted by Crippen LogP contribution is 2.27. The molecule has 0 aliphatic carbocycles. The van der Waals surface area contributed by atoms with Gasteiger partial charge in [-0.1, -0.05) is 0 Å². The molecule has 1 aromatic heterocycles. The number of aromatic carboxylic acids is 1. The van der Waals surface area contributed by atoms with E-state index in [4.69, 9.17) is 5.11 Å². The Morgan fingerprint density at radius 3 is 2.70 bits per heavy atom. The maximum atomic E-state index is 12.3. The van der Waals surface area contributed by atoms with Crippen LogP contribution in [0.4, 0.5) is 0 Å². The van der Waals surface area contributed by atoms with Gasteiger partial charge in [0.2, 0.25) is 5.91 Å². The molecule has 1 aliphatic heterocycles. The van der Waals surface area contributed by atoms with E-state index in [9.17, 15) is 18.0 Å². The average molecular weight is 318 g/mol. The number of rotatable bonds is 4. The van der Waals surface area contributed by atoms with Crippen LogP contribution in [0.1, 0.15) is 23.0 Å². The summed E-state index contributed by atoms with van der Waals surface area (Å²) in [5, 5.41) is 11.5. The Bertz CT molecular complexity index is 637. The standard InChI is InChI=1S/C11H14N2O5S2/c1-7(14)12-8-4-5-13(6-8)20(17,18)10-3-2-9(19-10)11(15)16/h2-3,8H,4-6H2,1H3,(H,12,14)(H,15,16). The summed E-state index contributed by atoms with van der Waals surface area (Å²) in [6.45, 7) is 1.91. The van der Waals surface area contributed by atoms with Crippen LogP contribution in [0.25, 0.3) is 0 Å². The summed E-state index contributed by atoms with van der Waals surface area (Å²) in [5.74, 6) is -1.34. The quantitative estimate of drug-likeness (QED) is 0.833. The molecule has 1 fully saturated rings. The van der Waals surface area contributed by atoms with Gasteiger partial charge in [0.15, 0.2) is 0 Å². The third-order valence-electron chi connectivity index (χ3n) is 2.94. The molecule has 1 amide bonds. The molecule has 0 saturated carbocycles. The molecule has 0 radical (unpaired) electrons. The van der Waals surface area contributed by atoms with Gasteiger partial charge in [0.05, 0.1) is 0 Å². The van der Waals surface area contributed by atoms with Crippen molar-refractivity contribution in [1.29, 1.82) is 0 Å². The van der Waals surface area contributed by atoms with E-state index in [0.29, 0.717) is 13.0 Å². The summed E-state index contributed by atoms with van der Waals surface area (Å²) >= 11 is 0.733. The first-order valence-electron chi connectivity index (χ1n) is 5.91. The third-order valence-corrected chi connectivity index (χ3v) is 6.35. The molecule has 2 heterocycles. The minimum atomic E-state index is -3.68. The molecule has 0 spiro atoms. The number of amides is 1. The molecule has 1 unspecified atom stereocenters. The third kappa shape index (κ3) is 3.00. The van der Waals surface area contributed by atoms with Gasteiger partial charge in [-0.05, 0) is 18.6 Å². The van der Waals surface area contributed by atoms with Crippen LogP contribution in [-0.2, 0) is 14.8 Å². The molecule has 7 nitrogen and oxygen atoms in total. The fourth-order valence-corrected chi connectivity index (χ4v) is 4.85. The zero-order chi connectivity index (χ0) is 14.9. The smallest absolute Gasteiger partial charge is 0.345 e. The van der Waals surface area contributed by atoms with Crippen LogP contribution in [0.15, 0.2) is 16.3 Å². The Morgan fingerprint density at radius 2 is 2.15 bits per heavy atom. The van der Waals surface area contributed by atoms with E-state index in [2.05, 4.69) is 5.32 Å². The van der Waals surface area contributed by atoms with Crippen LogP contribution < -0.4 is 5.32 Å². The summed E-state index contributed by atoms with van der Waals surface area (Å²) in [6.07, 6.45) is 0.552. The molecule has 2 N–H and O–H groups in total. The van der Waals surface area contributed by atoms with E-state index >= 15 is 0 Å². The number of carbonyl (C=O) groups excluding carboxylic acids is 1. The van der Waals surface area contributed by atoms with Crippen molar-refractivity contribution in [3.05, 3.63) is 17.0 Å². The van der Waals surface area contributed by atoms with Gasteiger partial charge in [-0.25, -0.2) is 13.2 Å². The van der Waals surface area contributed by atoms with Crippen LogP contribution in [-0.4, -0.2) is 48.8 Å². The van der Waals surface area contributed by atoms with Gasteiger partial charge < -0.3 is 10.4 Å². The summed E-state index contributed by atoms with van der Waals surface area (Å²) in [4.78, 5) is 21.7. The molecule has 0 aromatic carbocycles. The SMILES string of the molecule is CC(=O)NC1CCN(S(=O)(=O)c2ccc(C(=O)O)s2)C1. The second kappa shape index (κ2) is 5.51. The van der Waals surface area contributed by atoms with Gasteiger partial charge in [-0.15, -0.1) is 11.3 Å². The highest BCUT2D eigenvalue weighted by molar-refractivity contribution is 7.91. The molecule has 1 aliphatic rings. The van der Waals surface area contributed by atoms with Gasteiger partial charge in [-0.2, -0.15) is 4.31 Å². The number of carboxylic acid groups (broad SMARTS) is 1. The lowest BCUT2D eigenvalue weighted by Crippen LogP contribution is -2.37. The molecule has 1 aromatic rings. The van der Waals surface area contributed by atoms with Crippen LogP contribution in [0.5, 0.6) is 0 Å². The lowest BCUT2D eigenvalue weighted by Gasteiger charge is -2.15. The molecule has 110 valence electrons. The van der Waals surface area contributed by atoms with E-state index in [-0.39, 0.29) is 27.6 Å². The zero-order valence-electron chi connectivity index (χ0n) is 10.7. The van der Waals surface area contributed by atoms with Gasteiger partial charge in [0.1, 0.15) is 9.09 Å². The molecule has 2 rings (SSSR count). The van der Waals surface area contributed by atoms with Crippen molar-refractivity contribution in [2.45, 2.75) is 23.6 Å². The first kappa shape index (κ1) is 14.9. The first-order chi connectivity index (χ1) is 9.30. The van der Waals surface area contributed by atoms with E-state index in [1.165, 1.54) is 23.4 Å². The molecule has 1 saturated heterocycles. The van der Waals surface area contributed by atoms with Gasteiger partial charge in [0, 0.05) is 26.1 Å². The minimum absolute atomic E-state index is 0.0124. The number of nitrogens with zero attached hydrogens (tertiary/aromatic N) is 1. The topological polar surface area (TPSA) is 104 Å². The summed E-state index contributed by atoms with van der Waals surface area (Å²) in [5.41, 5.74) is 0. The number of carboxylic acids is 1. The van der Waals surface area contributed by atoms with Gasteiger partial charge in [0.25, 0.3) is 10.0 Å². The Balaban J connectivity index is 2.15. The Kier molecular flexibility index (Phi) is 4.11. The Labute approximate surface area is 120 Å². The van der Waals surface area contributed by atoms with Crippen LogP contribution in [0.2, 0.25) is 0 Å². The number of nitrogens with one attached hydrogen (secondary N) is 1. The van der Waals surface area contributed by atoms with Crippen molar-refractivity contribution >= 4 is 33.2 Å². The molecule has 0 bridgehead atoms. The van der Waals surface area contributed by atoms with E-state index in [1.54, 1.807) is 0 Å². The molecular formula is C11H14N2O5S2. The van der Waals surface area contributed by atoms with Gasteiger partial charge in [-0.3, -0.25) is 4.79 Å². The van der Waals surface area contributed by atoms with Crippen LogP contribution in [0.3, 0.4) is 0 Å². The predicted molar refractivity (Wildman–Crippen MR) is 72.3 cm³/mol. The summed E-state index contributed by atoms with van der Waals surface area (Å²) < 4.78 is 25.9. The highest BCUT2D eigenvalue weighted by atomic mass is 32.2. The normalized spacial score (nSPS) is 19.9. The van der Waals surface area contributed by atoms with E-state index in [1.807, 2.05) is 0 Å². The second-order valence-electron chi connectivity index (χ2n) is 4.47. The maximum Gasteiger partial charge on any atom is 0.345 e. The Hall–Kier alpha value is -1.45. The fraction of sp³-hybridized carbons (Fsp3) is 0.455. The van der Waals surface area contributed by atoms with Crippen LogP contribution >= 0.6 is 11.3 Å². The lowest BCUT2D eigenvalue weighted by atomic mass is 10.3. The average Bonchev–Trinajstić information content (AvgIpc) is 2.95. The van der Waals surface area contributed by atoms with E-state index < -0.39 is 16.0 Å². The monoisotopic (exact) mass is 318 g/mol. The Morgan fingerprint density at radius 1 is 1.45 bits per heavy atom. The predicted octanol–water partition coefficient (Wildman–Crippen LogP) is 0.345. The van der Waals surface area contributed by atoms with Crippen molar-refractivity contribution in [2.24, 2.45) is 0 Å². The minimum Gasteiger partial charge on any atom is -0.477 e. The highest BCUT2D eigenvalue weighted by Gasteiger charge is 2.34. The largest absolute Gasteiger partial charge is 0.477 e. The van der Waals surface area contributed by atoms with Crippen molar-refractivity contribution in [2.75, 3.05) is 13.1 Å². The maximum absolute atomic E-state index is 12.3. The van der Waals surface area contributed by atoms with E-state index in [0.717, 1.165) is 11.3 Å². The molecule has 20 heavy (non-hydrogen) atoms. The summed E-state index contributed by atoms with van der Waals surface area (Å²) in [7, 11) is -3.68. The molecule has 9 heteroatoms. The van der Waals surface area contributed by atoms with Crippen molar-refractivity contribution in [1.82, 2.24) is 9.62 Å². The van der Waals surface area contributed by atoms with Gasteiger partial charge >= 0.3 is 5.97 Å². The number of hydrogen-bond acceptors (Lipinski definition) is 5. The van der Waals surface area contributed by atoms with Crippen molar-refractivity contribution in [3.63, 3.8) is 0 Å². The molecular weight excluding hydrogens is 304 g/mol. The molecule has 1 atom stereocenters. The van der Waals surface area contributed by atoms with Crippen LogP contribution in [0, 0.1) is 0 Å². The first-order valence-corrected chi connectivity index (χ1v) is 8.17. The van der Waals surface area contributed by atoms with Crippen molar-refractivity contribution < 1.29 is 23.1 Å². The number of sulfonamides is 1. The van der Waals surface area contributed by atoms with Crippen molar-refractivity contribution in [3.8, 4) is 0 Å². The zero-order valence-corrected chi connectivity index (χ0v) is 12.3. The number of carbonyl (C=O) groups is 2. The lowest BCUT2D eigenvalue weighted by molar-refractivity contribution is -0.119. The fourth-order valence-electron chi connectivity index (χ4n) is 2.05. The number of hydrogen-bond donors (Lipinski definition) is 2. The summed E-state index contributed by atoms with van der Waals surface area (Å²) in [6, 6.07) is 2.39. The number of thiophene rings is 1. The second-order valence-corrected chi connectivity index (χ2v) is 7.72.